The van der Waals surface area contributed by atoms with E-state index in [2.05, 4.69) is 0 Å². The molecule has 2 aromatic carbocycles. The van der Waals surface area contributed by atoms with E-state index in [9.17, 15) is 14.4 Å². The molecule has 5 heteroatoms. The minimum absolute atomic E-state index is 0.0312. The van der Waals surface area contributed by atoms with E-state index >= 15 is 0 Å². The fourth-order valence-corrected chi connectivity index (χ4v) is 3.18. The average Bonchev–Trinajstić information content (AvgIpc) is 2.70. The van der Waals surface area contributed by atoms with Gasteiger partial charge >= 0.3 is 5.97 Å². The molecule has 5 nitrogen and oxygen atoms in total. The Labute approximate surface area is 158 Å². The second-order valence-electron chi connectivity index (χ2n) is 6.73. The van der Waals surface area contributed by atoms with Gasteiger partial charge in [-0.1, -0.05) is 48.0 Å². The van der Waals surface area contributed by atoms with Crippen LogP contribution >= 0.6 is 0 Å². The Morgan fingerprint density at radius 3 is 2.52 bits per heavy atom. The number of carbonyl (C=O) groups excluding carboxylic acids is 3. The van der Waals surface area contributed by atoms with E-state index in [1.54, 1.807) is 17.0 Å². The highest BCUT2D eigenvalue weighted by Gasteiger charge is 2.23. The second-order valence-corrected chi connectivity index (χ2v) is 6.73. The number of hydrogen-bond donors (Lipinski definition) is 0. The quantitative estimate of drug-likeness (QED) is 0.581. The van der Waals surface area contributed by atoms with Crippen molar-refractivity contribution in [1.82, 2.24) is 0 Å². The summed E-state index contributed by atoms with van der Waals surface area (Å²) in [5, 5.41) is 0. The topological polar surface area (TPSA) is 63.7 Å². The van der Waals surface area contributed by atoms with Gasteiger partial charge < -0.3 is 9.64 Å². The first kappa shape index (κ1) is 18.8. The fraction of sp³-hybridized carbons (Fsp3) is 0.318. The third-order valence-corrected chi connectivity index (χ3v) is 4.70. The molecule has 140 valence electrons. The lowest BCUT2D eigenvalue weighted by molar-refractivity contribution is -0.147. The van der Waals surface area contributed by atoms with Crippen molar-refractivity contribution < 1.29 is 19.1 Å². The Bertz CT molecular complexity index is 842. The maximum atomic E-state index is 12.4. The number of hydrogen-bond acceptors (Lipinski definition) is 4. The molecular weight excluding hydrogens is 342 g/mol. The van der Waals surface area contributed by atoms with E-state index < -0.39 is 5.97 Å². The third kappa shape index (κ3) is 4.82. The molecule has 0 unspecified atom stereocenters. The highest BCUT2D eigenvalue weighted by molar-refractivity contribution is 5.98. The SMILES string of the molecule is Cc1ccc(C(=O)CCC(=O)OCC(=O)N2CCCc3ccccc32)cc1. The number of ether oxygens (including phenoxy) is 1. The highest BCUT2D eigenvalue weighted by Crippen LogP contribution is 2.26. The van der Waals surface area contributed by atoms with Crippen LogP contribution in [-0.2, 0) is 20.7 Å². The van der Waals surface area contributed by atoms with Crippen LogP contribution in [0.15, 0.2) is 48.5 Å². The molecule has 1 amide bonds. The number of benzene rings is 2. The number of esters is 1. The summed E-state index contributed by atoms with van der Waals surface area (Å²) >= 11 is 0. The van der Waals surface area contributed by atoms with Gasteiger partial charge in [0.1, 0.15) is 0 Å². The lowest BCUT2D eigenvalue weighted by atomic mass is 10.0. The number of Topliss-reactive ketones (excluding diaryl/α,β-unsaturated/α-hetero) is 1. The Kier molecular flexibility index (Phi) is 6.01. The van der Waals surface area contributed by atoms with Gasteiger partial charge in [-0.15, -0.1) is 0 Å². The number of rotatable bonds is 6. The van der Waals surface area contributed by atoms with Gasteiger partial charge in [-0.05, 0) is 31.4 Å². The van der Waals surface area contributed by atoms with Crippen molar-refractivity contribution in [3.63, 3.8) is 0 Å². The molecule has 1 aliphatic heterocycles. The smallest absolute Gasteiger partial charge is 0.306 e. The summed E-state index contributed by atoms with van der Waals surface area (Å²) in [7, 11) is 0. The van der Waals surface area contributed by atoms with E-state index in [0.717, 1.165) is 29.7 Å². The Morgan fingerprint density at radius 2 is 1.74 bits per heavy atom. The molecule has 27 heavy (non-hydrogen) atoms. The number of nitrogens with zero attached hydrogens (tertiary/aromatic N) is 1. The number of fused-ring (bicyclic) bond motifs is 1. The monoisotopic (exact) mass is 365 g/mol. The second kappa shape index (κ2) is 8.62. The van der Waals surface area contributed by atoms with Gasteiger partial charge in [0.2, 0.25) is 0 Å². The molecule has 0 atom stereocenters. The molecule has 0 spiro atoms. The predicted octanol–water partition coefficient (Wildman–Crippen LogP) is 3.48. The van der Waals surface area contributed by atoms with Crippen molar-refractivity contribution in [2.75, 3.05) is 18.1 Å². The summed E-state index contributed by atoms with van der Waals surface area (Å²) < 4.78 is 5.10. The maximum absolute atomic E-state index is 12.4. The molecule has 0 saturated carbocycles. The first-order chi connectivity index (χ1) is 13.0. The molecule has 1 aliphatic rings. The molecule has 0 bridgehead atoms. The molecule has 0 saturated heterocycles. The summed E-state index contributed by atoms with van der Waals surface area (Å²) in [5.41, 5.74) is 3.67. The molecule has 0 aromatic heterocycles. The van der Waals surface area contributed by atoms with E-state index in [0.29, 0.717) is 12.1 Å². The largest absolute Gasteiger partial charge is 0.456 e. The number of amides is 1. The van der Waals surface area contributed by atoms with E-state index in [1.165, 1.54) is 0 Å². The van der Waals surface area contributed by atoms with Crippen molar-refractivity contribution >= 4 is 23.3 Å². The van der Waals surface area contributed by atoms with Gasteiger partial charge in [-0.25, -0.2) is 0 Å². The Hall–Kier alpha value is -2.95. The van der Waals surface area contributed by atoms with Crippen LogP contribution in [0.1, 0.15) is 40.7 Å². The van der Waals surface area contributed by atoms with Crippen LogP contribution in [0.4, 0.5) is 5.69 Å². The van der Waals surface area contributed by atoms with Crippen molar-refractivity contribution in [2.45, 2.75) is 32.6 Å². The lowest BCUT2D eigenvalue weighted by Crippen LogP contribution is -2.38. The zero-order valence-electron chi connectivity index (χ0n) is 15.4. The van der Waals surface area contributed by atoms with Crippen molar-refractivity contribution in [3.8, 4) is 0 Å². The van der Waals surface area contributed by atoms with Crippen LogP contribution in [0.5, 0.6) is 0 Å². The van der Waals surface area contributed by atoms with Crippen molar-refractivity contribution in [2.24, 2.45) is 0 Å². The third-order valence-electron chi connectivity index (χ3n) is 4.70. The van der Waals surface area contributed by atoms with Gasteiger partial charge in [-0.3, -0.25) is 14.4 Å². The van der Waals surface area contributed by atoms with Crippen molar-refractivity contribution in [1.29, 1.82) is 0 Å². The molecule has 3 rings (SSSR count). The lowest BCUT2D eigenvalue weighted by Gasteiger charge is -2.29. The number of para-hydroxylation sites is 1. The van der Waals surface area contributed by atoms with Crippen LogP contribution in [0.25, 0.3) is 0 Å². The molecule has 0 fully saturated rings. The van der Waals surface area contributed by atoms with Crippen molar-refractivity contribution in [3.05, 3.63) is 65.2 Å². The Balaban J connectivity index is 1.47. The van der Waals surface area contributed by atoms with Gasteiger partial charge in [0.05, 0.1) is 6.42 Å². The summed E-state index contributed by atoms with van der Waals surface area (Å²) in [4.78, 5) is 38.1. The van der Waals surface area contributed by atoms with Crippen LogP contribution in [-0.4, -0.2) is 30.8 Å². The normalized spacial score (nSPS) is 13.0. The zero-order valence-corrected chi connectivity index (χ0v) is 15.4. The molecule has 1 heterocycles. The number of carbonyl (C=O) groups is 3. The first-order valence-electron chi connectivity index (χ1n) is 9.18. The number of ketones is 1. The summed E-state index contributed by atoms with van der Waals surface area (Å²) in [5.74, 6) is -0.877. The molecule has 0 N–H and O–H groups in total. The first-order valence-corrected chi connectivity index (χ1v) is 9.18. The summed E-state index contributed by atoms with van der Waals surface area (Å²) in [6.45, 7) is 2.27. The Morgan fingerprint density at radius 1 is 1.00 bits per heavy atom. The molecular formula is C22H23NO4. The minimum Gasteiger partial charge on any atom is -0.456 e. The number of aryl methyl sites for hydroxylation is 2. The van der Waals surface area contributed by atoms with Gasteiger partial charge in [0.15, 0.2) is 12.4 Å². The average molecular weight is 365 g/mol. The van der Waals surface area contributed by atoms with E-state index in [1.807, 2.05) is 43.3 Å². The van der Waals surface area contributed by atoms with E-state index in [-0.39, 0.29) is 31.1 Å². The van der Waals surface area contributed by atoms with Crippen LogP contribution < -0.4 is 4.90 Å². The molecule has 2 aromatic rings. The summed E-state index contributed by atoms with van der Waals surface area (Å²) in [6, 6.07) is 15.0. The predicted molar refractivity (Wildman–Crippen MR) is 103 cm³/mol. The van der Waals surface area contributed by atoms with Crippen LogP contribution in [0.2, 0.25) is 0 Å². The standard InChI is InChI=1S/C22H23NO4/c1-16-8-10-18(11-9-16)20(24)12-13-22(26)27-15-21(25)23-14-4-6-17-5-2-3-7-19(17)23/h2-3,5,7-11H,4,6,12-15H2,1H3. The fourth-order valence-electron chi connectivity index (χ4n) is 3.18. The summed E-state index contributed by atoms with van der Waals surface area (Å²) in [6.07, 6.45) is 1.88. The van der Waals surface area contributed by atoms with Gasteiger partial charge in [0.25, 0.3) is 5.91 Å². The van der Waals surface area contributed by atoms with Crippen LogP contribution in [0, 0.1) is 6.92 Å². The van der Waals surface area contributed by atoms with E-state index in [4.69, 9.17) is 4.74 Å². The van der Waals surface area contributed by atoms with Gasteiger partial charge in [0, 0.05) is 24.2 Å². The highest BCUT2D eigenvalue weighted by atomic mass is 16.5. The minimum atomic E-state index is -0.533. The maximum Gasteiger partial charge on any atom is 0.306 e. The van der Waals surface area contributed by atoms with Gasteiger partial charge in [-0.2, -0.15) is 0 Å². The zero-order chi connectivity index (χ0) is 19.2. The molecule has 0 radical (unpaired) electrons. The molecule has 0 aliphatic carbocycles. The van der Waals surface area contributed by atoms with Crippen LogP contribution in [0.3, 0.4) is 0 Å². The number of anilines is 1.